The Morgan fingerprint density at radius 2 is 0.827 bits per heavy atom. The molecule has 0 saturated carbocycles. The lowest BCUT2D eigenvalue weighted by molar-refractivity contribution is 0.662. The summed E-state index contributed by atoms with van der Waals surface area (Å²) in [5.74, 6) is 1.89. The van der Waals surface area contributed by atoms with Crippen LogP contribution in [0.5, 0.6) is 0 Å². The Morgan fingerprint density at radius 3 is 1.54 bits per heavy atom. The van der Waals surface area contributed by atoms with Gasteiger partial charge in [-0.15, -0.1) is 0 Å². The highest BCUT2D eigenvalue weighted by Crippen LogP contribution is 2.64. The molecule has 18 rings (SSSR count). The monoisotopic (exact) mass is 1030 g/mol. The molecule has 0 amide bonds. The van der Waals surface area contributed by atoms with E-state index in [9.17, 15) is 0 Å². The molecule has 376 valence electrons. The van der Waals surface area contributed by atoms with E-state index >= 15 is 0 Å². The van der Waals surface area contributed by atoms with E-state index in [0.717, 1.165) is 38.6 Å². The van der Waals surface area contributed by atoms with Crippen LogP contribution in [0.1, 0.15) is 47.2 Å². The Bertz CT molecular complexity index is 5030. The molecule has 0 fully saturated rings. The van der Waals surface area contributed by atoms with Gasteiger partial charge in [-0.2, -0.15) is 0 Å². The summed E-state index contributed by atoms with van der Waals surface area (Å²) in [7, 11) is 0. The maximum Gasteiger partial charge on any atom is 0.164 e. The highest BCUT2D eigenvalue weighted by atomic mass is 15.0. The molecule has 3 heterocycles. The Labute approximate surface area is 469 Å². The van der Waals surface area contributed by atoms with Gasteiger partial charge in [-0.1, -0.05) is 238 Å². The van der Waals surface area contributed by atoms with E-state index in [0.29, 0.717) is 17.5 Å². The van der Waals surface area contributed by atoms with Crippen molar-refractivity contribution >= 4 is 32.6 Å². The van der Waals surface area contributed by atoms with Crippen molar-refractivity contribution in [1.82, 2.24) is 19.5 Å². The highest BCUT2D eigenvalue weighted by Gasteiger charge is 2.52. The van der Waals surface area contributed by atoms with Crippen molar-refractivity contribution in [2.24, 2.45) is 0 Å². The molecule has 1 spiro atoms. The topological polar surface area (TPSA) is 43.6 Å². The van der Waals surface area contributed by atoms with Gasteiger partial charge in [-0.05, 0) is 130 Å². The second-order valence-corrected chi connectivity index (χ2v) is 22.9. The third-order valence-electron chi connectivity index (χ3n) is 18.6. The molecule has 2 aromatic heterocycles. The molecule has 0 saturated heterocycles. The van der Waals surface area contributed by atoms with E-state index in [-0.39, 0.29) is 5.41 Å². The van der Waals surface area contributed by atoms with E-state index in [2.05, 4.69) is 273 Å². The molecule has 4 nitrogen and oxygen atoms in total. The SMILES string of the molecule is CC1(C)c2ccc3c4ccccc4n4c3c2-c2c(ccc(-c3ccc5cc(-c6nc(-c7ccc8c(c7)C7(c9ccccc9-c9ccccc97)c7ccccc7-8)nc(-c7ccccc7-c7ccccc7)n6)ccc5c3)c21)-c1ccccc1-4. The first kappa shape index (κ1) is 44.7. The molecule has 0 atom stereocenters. The summed E-state index contributed by atoms with van der Waals surface area (Å²) < 4.78 is 2.53. The number of benzene rings is 12. The molecule has 14 aromatic rings. The van der Waals surface area contributed by atoms with Crippen LogP contribution in [0.25, 0.3) is 139 Å². The maximum absolute atomic E-state index is 5.48. The number of nitrogens with zero attached hydrogens (tertiary/aromatic N) is 4. The molecule has 0 radical (unpaired) electrons. The molecule has 0 N–H and O–H groups in total. The van der Waals surface area contributed by atoms with Crippen LogP contribution in [-0.2, 0) is 10.8 Å². The Balaban J connectivity index is 0.805. The van der Waals surface area contributed by atoms with Crippen molar-refractivity contribution in [3.8, 4) is 107 Å². The zero-order valence-electron chi connectivity index (χ0n) is 44.5. The zero-order valence-corrected chi connectivity index (χ0v) is 44.5. The molecule has 0 unspecified atom stereocenters. The number of aromatic nitrogens is 4. The van der Waals surface area contributed by atoms with Crippen molar-refractivity contribution in [3.05, 3.63) is 288 Å². The smallest absolute Gasteiger partial charge is 0.164 e. The third kappa shape index (κ3) is 5.90. The summed E-state index contributed by atoms with van der Waals surface area (Å²) in [6.07, 6.45) is 0. The van der Waals surface area contributed by atoms with Gasteiger partial charge < -0.3 is 4.57 Å². The van der Waals surface area contributed by atoms with E-state index in [4.69, 9.17) is 15.0 Å². The van der Waals surface area contributed by atoms with Crippen LogP contribution in [0.4, 0.5) is 0 Å². The normalized spacial score (nSPS) is 14.0. The molecule has 4 heteroatoms. The number of rotatable bonds is 5. The Morgan fingerprint density at radius 1 is 0.309 bits per heavy atom. The molecule has 3 aliphatic carbocycles. The second-order valence-electron chi connectivity index (χ2n) is 22.9. The standard InChI is InChI=1S/C77H48N4/c1-76(2)65-41-40-60-58-25-12-17-31-68(58)81-67-30-16-11-24-57(67)59-39-38-52(71(76)69(59)70(65)72(60)81)48-34-32-47-43-49(35-33-46(47)42-48)73-78-74(80-75(79-73)61-26-7-6-20-51(61)45-18-4-3-5-19-45)50-36-37-56-55-23-10-15-29-64(55)77(66(56)44-50)62-27-13-8-21-53(62)54-22-9-14-28-63(54)77/h3-44H,1-2H3. The van der Waals surface area contributed by atoms with Crippen molar-refractivity contribution in [2.75, 3.05) is 0 Å². The maximum atomic E-state index is 5.48. The third-order valence-corrected chi connectivity index (χ3v) is 18.6. The fourth-order valence-corrected chi connectivity index (χ4v) is 15.2. The van der Waals surface area contributed by atoms with E-state index in [1.165, 1.54) is 117 Å². The fraction of sp³-hybridized carbons (Fsp3) is 0.0519. The van der Waals surface area contributed by atoms with Crippen LogP contribution in [0.15, 0.2) is 255 Å². The van der Waals surface area contributed by atoms with Gasteiger partial charge in [0.1, 0.15) is 0 Å². The van der Waals surface area contributed by atoms with Gasteiger partial charge in [0.2, 0.25) is 0 Å². The minimum absolute atomic E-state index is 0.251. The molecule has 12 aromatic carbocycles. The molecular weight excluding hydrogens is 981 g/mol. The lowest BCUT2D eigenvalue weighted by Crippen LogP contribution is -2.25. The molecule has 1 aliphatic heterocycles. The quantitative estimate of drug-likeness (QED) is 0.173. The minimum Gasteiger partial charge on any atom is -0.308 e. The number of fused-ring (bicyclic) bond motifs is 17. The first-order chi connectivity index (χ1) is 39.9. The van der Waals surface area contributed by atoms with Gasteiger partial charge in [-0.25, -0.2) is 15.0 Å². The predicted octanol–water partition coefficient (Wildman–Crippen LogP) is 19.1. The van der Waals surface area contributed by atoms with Crippen LogP contribution in [0.3, 0.4) is 0 Å². The summed E-state index contributed by atoms with van der Waals surface area (Å²) in [6.45, 7) is 4.85. The van der Waals surface area contributed by atoms with Crippen molar-refractivity contribution in [1.29, 1.82) is 0 Å². The van der Waals surface area contributed by atoms with Crippen molar-refractivity contribution < 1.29 is 0 Å². The summed E-state index contributed by atoms with van der Waals surface area (Å²) >= 11 is 0. The summed E-state index contributed by atoms with van der Waals surface area (Å²) in [5.41, 5.74) is 28.7. The minimum atomic E-state index is -0.499. The average Bonchev–Trinajstić information content (AvgIpc) is 2.52. The second kappa shape index (κ2) is 16.2. The van der Waals surface area contributed by atoms with Crippen LogP contribution < -0.4 is 0 Å². The molecule has 81 heavy (non-hydrogen) atoms. The van der Waals surface area contributed by atoms with Gasteiger partial charge in [0.25, 0.3) is 0 Å². The zero-order chi connectivity index (χ0) is 53.3. The van der Waals surface area contributed by atoms with Crippen LogP contribution in [0.2, 0.25) is 0 Å². The molecule has 4 aliphatic rings. The predicted molar refractivity (Wildman–Crippen MR) is 332 cm³/mol. The summed E-state index contributed by atoms with van der Waals surface area (Å²) in [6, 6.07) is 93.9. The van der Waals surface area contributed by atoms with E-state index in [1.807, 2.05) is 0 Å². The molecular formula is C77H48N4. The fourth-order valence-electron chi connectivity index (χ4n) is 15.2. The van der Waals surface area contributed by atoms with E-state index in [1.54, 1.807) is 0 Å². The lowest BCUT2D eigenvalue weighted by Gasteiger charge is -2.30. The van der Waals surface area contributed by atoms with Crippen molar-refractivity contribution in [3.63, 3.8) is 0 Å². The first-order valence-electron chi connectivity index (χ1n) is 28.2. The van der Waals surface area contributed by atoms with E-state index < -0.39 is 5.41 Å². The average molecular weight is 1030 g/mol. The largest absolute Gasteiger partial charge is 0.308 e. The summed E-state index contributed by atoms with van der Waals surface area (Å²) in [5, 5.41) is 4.86. The van der Waals surface area contributed by atoms with Gasteiger partial charge in [0.15, 0.2) is 17.5 Å². The van der Waals surface area contributed by atoms with Gasteiger partial charge in [0, 0.05) is 44.0 Å². The molecule has 0 bridgehead atoms. The van der Waals surface area contributed by atoms with Gasteiger partial charge >= 0.3 is 0 Å². The van der Waals surface area contributed by atoms with Crippen molar-refractivity contribution in [2.45, 2.75) is 24.7 Å². The number of hydrogen-bond acceptors (Lipinski definition) is 3. The highest BCUT2D eigenvalue weighted by molar-refractivity contribution is 6.19. The van der Waals surface area contributed by atoms with Gasteiger partial charge in [-0.3, -0.25) is 0 Å². The summed E-state index contributed by atoms with van der Waals surface area (Å²) in [4.78, 5) is 16.3. The van der Waals surface area contributed by atoms with Crippen LogP contribution in [0, 0.1) is 0 Å². The first-order valence-corrected chi connectivity index (χ1v) is 28.2. The Hall–Kier alpha value is -10.3. The van der Waals surface area contributed by atoms with Crippen LogP contribution in [-0.4, -0.2) is 19.5 Å². The number of hydrogen-bond donors (Lipinski definition) is 0. The van der Waals surface area contributed by atoms with Crippen LogP contribution >= 0.6 is 0 Å². The Kier molecular flexibility index (Phi) is 8.91. The number of para-hydroxylation sites is 2. The lowest BCUT2D eigenvalue weighted by atomic mass is 9.70. The van der Waals surface area contributed by atoms with Gasteiger partial charge in [0.05, 0.1) is 22.1 Å².